The average Bonchev–Trinajstić information content (AvgIpc) is 2.09. The van der Waals surface area contributed by atoms with Crippen molar-refractivity contribution in [2.45, 2.75) is 51.7 Å². The zero-order valence-electron chi connectivity index (χ0n) is 12.1. The number of amides is 1. The summed E-state index contributed by atoms with van der Waals surface area (Å²) < 4.78 is 5.23. The number of carbonyl (C=O) groups excluding carboxylic acids is 1. The van der Waals surface area contributed by atoms with Crippen molar-refractivity contribution in [3.63, 3.8) is 0 Å². The third-order valence-corrected chi connectivity index (χ3v) is 3.41. The first-order valence-corrected chi connectivity index (χ1v) is 6.62. The fourth-order valence-electron chi connectivity index (χ4n) is 2.25. The van der Waals surface area contributed by atoms with E-state index in [9.17, 15) is 9.59 Å². The number of carboxylic acid groups (broad SMARTS) is 1. The van der Waals surface area contributed by atoms with Gasteiger partial charge in [0.05, 0.1) is 12.0 Å². The molecule has 110 valence electrons. The molecule has 0 saturated carbocycles. The van der Waals surface area contributed by atoms with Gasteiger partial charge in [0, 0.05) is 19.0 Å². The Kier molecular flexibility index (Phi) is 4.79. The molecule has 0 aromatic heterocycles. The molecule has 6 heteroatoms. The van der Waals surface area contributed by atoms with Gasteiger partial charge in [0.25, 0.3) is 0 Å². The van der Waals surface area contributed by atoms with Crippen molar-refractivity contribution in [1.82, 2.24) is 10.6 Å². The number of ether oxygens (including phenoxy) is 1. The van der Waals surface area contributed by atoms with Gasteiger partial charge in [-0.1, -0.05) is 6.92 Å². The molecule has 1 fully saturated rings. The van der Waals surface area contributed by atoms with E-state index in [1.54, 1.807) is 20.8 Å². The monoisotopic (exact) mass is 272 g/mol. The molecule has 1 atom stereocenters. The Hall–Kier alpha value is -1.30. The Bertz CT molecular complexity index is 347. The van der Waals surface area contributed by atoms with Gasteiger partial charge in [0.2, 0.25) is 0 Å². The van der Waals surface area contributed by atoms with Gasteiger partial charge in [0.15, 0.2) is 0 Å². The predicted molar refractivity (Wildman–Crippen MR) is 71.0 cm³/mol. The van der Waals surface area contributed by atoms with E-state index in [0.29, 0.717) is 6.42 Å². The van der Waals surface area contributed by atoms with Gasteiger partial charge < -0.3 is 20.5 Å². The molecule has 1 saturated heterocycles. The maximum Gasteiger partial charge on any atom is 0.408 e. The molecule has 1 aliphatic rings. The summed E-state index contributed by atoms with van der Waals surface area (Å²) in [5.74, 6) is -0.786. The van der Waals surface area contributed by atoms with Crippen LogP contribution in [0.15, 0.2) is 0 Å². The van der Waals surface area contributed by atoms with Crippen molar-refractivity contribution in [2.75, 3.05) is 13.1 Å². The number of rotatable bonds is 5. The normalized spacial score (nSPS) is 19.2. The van der Waals surface area contributed by atoms with Crippen LogP contribution in [0.3, 0.4) is 0 Å². The molecule has 6 nitrogen and oxygen atoms in total. The highest BCUT2D eigenvalue weighted by atomic mass is 16.6. The van der Waals surface area contributed by atoms with E-state index in [1.165, 1.54) is 0 Å². The number of hydrogen-bond donors (Lipinski definition) is 3. The lowest BCUT2D eigenvalue weighted by molar-refractivity contribution is -0.139. The van der Waals surface area contributed by atoms with Crippen LogP contribution in [0.2, 0.25) is 0 Å². The summed E-state index contributed by atoms with van der Waals surface area (Å²) in [6, 6.07) is 0. The van der Waals surface area contributed by atoms with Gasteiger partial charge in [0.1, 0.15) is 5.60 Å². The minimum atomic E-state index is -0.912. The minimum Gasteiger partial charge on any atom is -0.481 e. The average molecular weight is 272 g/mol. The third kappa shape index (κ3) is 4.38. The summed E-state index contributed by atoms with van der Waals surface area (Å²) >= 11 is 0. The highest BCUT2D eigenvalue weighted by molar-refractivity contribution is 5.73. The van der Waals surface area contributed by atoms with E-state index in [1.807, 2.05) is 6.92 Å². The van der Waals surface area contributed by atoms with Gasteiger partial charge >= 0.3 is 12.1 Å². The maximum absolute atomic E-state index is 11.9. The molecular weight excluding hydrogens is 248 g/mol. The molecule has 1 unspecified atom stereocenters. The summed E-state index contributed by atoms with van der Waals surface area (Å²) in [5.41, 5.74) is -1.33. The smallest absolute Gasteiger partial charge is 0.408 e. The lowest BCUT2D eigenvalue weighted by Crippen LogP contribution is -2.64. The molecule has 0 bridgehead atoms. The second-order valence-corrected chi connectivity index (χ2v) is 6.06. The molecule has 3 N–H and O–H groups in total. The second-order valence-electron chi connectivity index (χ2n) is 6.06. The summed E-state index contributed by atoms with van der Waals surface area (Å²) in [6.45, 7) is 8.67. The zero-order valence-corrected chi connectivity index (χ0v) is 12.1. The van der Waals surface area contributed by atoms with Crippen LogP contribution < -0.4 is 10.6 Å². The second kappa shape index (κ2) is 5.77. The largest absolute Gasteiger partial charge is 0.481 e. The molecule has 1 rings (SSSR count). The molecule has 0 aliphatic carbocycles. The minimum absolute atomic E-state index is 0.0882. The van der Waals surface area contributed by atoms with Crippen LogP contribution in [0, 0.1) is 5.92 Å². The SMILES string of the molecule is CCC(CC(=O)O)(NC(=O)OC(C)(C)C)C1CNC1. The van der Waals surface area contributed by atoms with Gasteiger partial charge in [-0.15, -0.1) is 0 Å². The van der Waals surface area contributed by atoms with Crippen LogP contribution in [0.1, 0.15) is 40.5 Å². The first kappa shape index (κ1) is 15.8. The summed E-state index contributed by atoms with van der Waals surface area (Å²) in [4.78, 5) is 23.0. The predicted octanol–water partition coefficient (Wildman–Crippen LogP) is 1.35. The zero-order chi connectivity index (χ0) is 14.7. The summed E-state index contributed by atoms with van der Waals surface area (Å²) in [7, 11) is 0. The highest BCUT2D eigenvalue weighted by Crippen LogP contribution is 2.29. The van der Waals surface area contributed by atoms with Crippen LogP contribution in [0.5, 0.6) is 0 Å². The van der Waals surface area contributed by atoms with Gasteiger partial charge in [-0.2, -0.15) is 0 Å². The fraction of sp³-hybridized carbons (Fsp3) is 0.846. The lowest BCUT2D eigenvalue weighted by atomic mass is 9.75. The molecule has 1 heterocycles. The number of aliphatic carboxylic acids is 1. The summed E-state index contributed by atoms with van der Waals surface area (Å²) in [6.07, 6.45) is -0.0810. The Balaban J connectivity index is 2.78. The quantitative estimate of drug-likeness (QED) is 0.703. The van der Waals surface area contributed by atoms with Crippen molar-refractivity contribution in [3.05, 3.63) is 0 Å². The van der Waals surface area contributed by atoms with Crippen LogP contribution in [0.4, 0.5) is 4.79 Å². The van der Waals surface area contributed by atoms with E-state index < -0.39 is 23.2 Å². The molecule has 19 heavy (non-hydrogen) atoms. The molecule has 0 spiro atoms. The van der Waals surface area contributed by atoms with Crippen LogP contribution in [0.25, 0.3) is 0 Å². The molecule has 1 amide bonds. The lowest BCUT2D eigenvalue weighted by Gasteiger charge is -2.45. The molecule has 0 aromatic carbocycles. The molecule has 1 aliphatic heterocycles. The highest BCUT2D eigenvalue weighted by Gasteiger charge is 2.44. The third-order valence-electron chi connectivity index (χ3n) is 3.41. The van der Waals surface area contributed by atoms with Crippen molar-refractivity contribution >= 4 is 12.1 Å². The Morgan fingerprint density at radius 1 is 1.37 bits per heavy atom. The standard InChI is InChI=1S/C13H24N2O4/c1-5-13(6-10(16)17,9-7-14-8-9)15-11(18)19-12(2,3)4/h9,14H,5-8H2,1-4H3,(H,15,18)(H,16,17). The van der Waals surface area contributed by atoms with E-state index in [0.717, 1.165) is 13.1 Å². The Morgan fingerprint density at radius 2 is 1.95 bits per heavy atom. The van der Waals surface area contributed by atoms with Crippen molar-refractivity contribution in [1.29, 1.82) is 0 Å². The molecule has 0 radical (unpaired) electrons. The van der Waals surface area contributed by atoms with E-state index in [4.69, 9.17) is 9.84 Å². The maximum atomic E-state index is 11.9. The van der Waals surface area contributed by atoms with E-state index >= 15 is 0 Å². The van der Waals surface area contributed by atoms with Crippen LogP contribution in [-0.4, -0.2) is 41.4 Å². The van der Waals surface area contributed by atoms with Crippen molar-refractivity contribution in [3.8, 4) is 0 Å². The van der Waals surface area contributed by atoms with E-state index in [-0.39, 0.29) is 12.3 Å². The molecule has 0 aromatic rings. The van der Waals surface area contributed by atoms with Gasteiger partial charge in [-0.25, -0.2) is 4.79 Å². The van der Waals surface area contributed by atoms with Crippen LogP contribution in [-0.2, 0) is 9.53 Å². The Morgan fingerprint density at radius 3 is 2.26 bits per heavy atom. The topological polar surface area (TPSA) is 87.7 Å². The summed E-state index contributed by atoms with van der Waals surface area (Å²) in [5, 5.41) is 15.0. The molecular formula is C13H24N2O4. The first-order chi connectivity index (χ1) is 8.68. The number of carboxylic acids is 1. The van der Waals surface area contributed by atoms with Crippen LogP contribution >= 0.6 is 0 Å². The van der Waals surface area contributed by atoms with Gasteiger partial charge in [-0.05, 0) is 27.2 Å². The first-order valence-electron chi connectivity index (χ1n) is 6.62. The number of carbonyl (C=O) groups is 2. The number of nitrogens with one attached hydrogen (secondary N) is 2. The fourth-order valence-corrected chi connectivity index (χ4v) is 2.25. The van der Waals surface area contributed by atoms with Crippen molar-refractivity contribution in [2.24, 2.45) is 5.92 Å². The van der Waals surface area contributed by atoms with Crippen molar-refractivity contribution < 1.29 is 19.4 Å². The Labute approximate surface area is 113 Å². The number of hydrogen-bond acceptors (Lipinski definition) is 4. The number of alkyl carbamates (subject to hydrolysis) is 1. The van der Waals surface area contributed by atoms with E-state index in [2.05, 4.69) is 10.6 Å². The van der Waals surface area contributed by atoms with Gasteiger partial charge in [-0.3, -0.25) is 4.79 Å².